The molecule has 332 valence electrons. The van der Waals surface area contributed by atoms with Crippen molar-refractivity contribution in [3.05, 3.63) is 83.7 Å². The van der Waals surface area contributed by atoms with E-state index in [1.54, 1.807) is 36.7 Å². The number of methoxy groups -OCH3 is 2. The molecule has 0 spiro atoms. The van der Waals surface area contributed by atoms with E-state index in [2.05, 4.69) is 64.0 Å². The van der Waals surface area contributed by atoms with Crippen molar-refractivity contribution < 1.29 is 28.5 Å². The summed E-state index contributed by atoms with van der Waals surface area (Å²) in [4.78, 5) is 53.0. The number of carbonyl (C=O) groups is 2. The van der Waals surface area contributed by atoms with Gasteiger partial charge in [0, 0.05) is 55.5 Å². The van der Waals surface area contributed by atoms with Crippen LogP contribution in [0.5, 0.6) is 11.5 Å². The first-order valence-electron chi connectivity index (χ1n) is 21.5. The van der Waals surface area contributed by atoms with E-state index in [9.17, 15) is 9.59 Å². The van der Waals surface area contributed by atoms with Crippen LogP contribution < -0.4 is 19.3 Å². The minimum atomic E-state index is -1.16. The van der Waals surface area contributed by atoms with Crippen LogP contribution in [0.15, 0.2) is 71.2 Å². The minimum absolute atomic E-state index is 0.0889. The number of nitrogens with zero attached hydrogens (tertiary/aromatic N) is 10. The van der Waals surface area contributed by atoms with E-state index < -0.39 is 16.1 Å². The van der Waals surface area contributed by atoms with Crippen LogP contribution in [0.1, 0.15) is 44.9 Å². The number of aliphatic imine (C=N–C) groups is 2. The van der Waals surface area contributed by atoms with E-state index in [4.69, 9.17) is 23.9 Å². The first kappa shape index (κ1) is 44.7. The van der Waals surface area contributed by atoms with Crippen molar-refractivity contribution in [3.63, 3.8) is 0 Å². The Hall–Kier alpha value is -5.31. The molecule has 2 amide bonds. The molecule has 2 aromatic heterocycles. The molecular formula is C44H62N10O6Si2. The van der Waals surface area contributed by atoms with Gasteiger partial charge in [0.05, 0.1) is 40.0 Å². The van der Waals surface area contributed by atoms with Crippen molar-refractivity contribution in [2.75, 3.05) is 63.4 Å². The molecule has 0 N–H and O–H groups in total. The first-order chi connectivity index (χ1) is 29.7. The predicted molar refractivity (Wildman–Crippen MR) is 247 cm³/mol. The number of guanidine groups is 2. The molecule has 0 aliphatic carbocycles. The molecule has 6 heterocycles. The minimum Gasteiger partial charge on any atom is -0.497 e. The van der Waals surface area contributed by atoms with Gasteiger partial charge in [-0.2, -0.15) is 0 Å². The summed E-state index contributed by atoms with van der Waals surface area (Å²) in [5.74, 6) is 4.23. The van der Waals surface area contributed by atoms with Crippen molar-refractivity contribution in [1.82, 2.24) is 28.9 Å². The summed E-state index contributed by atoms with van der Waals surface area (Å²) >= 11 is 0. The Balaban J connectivity index is 0.000000186. The molecule has 0 fully saturated rings. The zero-order valence-electron chi connectivity index (χ0n) is 37.6. The van der Waals surface area contributed by atoms with Gasteiger partial charge >= 0.3 is 0 Å². The summed E-state index contributed by atoms with van der Waals surface area (Å²) in [7, 11) is 0.977. The highest BCUT2D eigenvalue weighted by molar-refractivity contribution is 6.76. The zero-order chi connectivity index (χ0) is 44.0. The third kappa shape index (κ3) is 10.5. The van der Waals surface area contributed by atoms with Crippen molar-refractivity contribution in [1.29, 1.82) is 0 Å². The average molecular weight is 883 g/mol. The van der Waals surface area contributed by atoms with Crippen LogP contribution in [-0.4, -0.2) is 122 Å². The lowest BCUT2D eigenvalue weighted by molar-refractivity contribution is 0.0723. The number of benzene rings is 2. The Bertz CT molecular complexity index is 2240. The quantitative estimate of drug-likeness (QED) is 0.0866. The first-order valence-corrected chi connectivity index (χ1v) is 29.0. The number of fused-ring (bicyclic) bond motifs is 6. The molecule has 8 rings (SSSR count). The highest BCUT2D eigenvalue weighted by Gasteiger charge is 2.41. The number of amides is 2. The van der Waals surface area contributed by atoms with Gasteiger partial charge in [-0.15, -0.1) is 0 Å². The van der Waals surface area contributed by atoms with Crippen molar-refractivity contribution in [2.45, 2.75) is 90.8 Å². The molecule has 0 saturated heterocycles. The summed E-state index contributed by atoms with van der Waals surface area (Å²) in [6, 6.07) is 17.7. The molecule has 4 aliphatic heterocycles. The summed E-state index contributed by atoms with van der Waals surface area (Å²) in [6.45, 7) is 20.0. The Morgan fingerprint density at radius 3 is 1.63 bits per heavy atom. The maximum absolute atomic E-state index is 13.6. The number of anilines is 2. The van der Waals surface area contributed by atoms with Crippen LogP contribution in [0.25, 0.3) is 0 Å². The lowest BCUT2D eigenvalue weighted by Gasteiger charge is -2.39. The molecule has 18 heteroatoms. The molecule has 4 aromatic rings. The van der Waals surface area contributed by atoms with Crippen LogP contribution in [0, 0.1) is 0 Å². The lowest BCUT2D eigenvalue weighted by Crippen LogP contribution is -2.54. The van der Waals surface area contributed by atoms with Crippen LogP contribution in [-0.2, 0) is 36.0 Å². The molecule has 4 aliphatic rings. The SMILES string of the molecule is COc1ccc(CN2C(=O)c3c(ncn3COCC[Si](C)(C)C)N3CCCN=C23)cc1.COc1ccc(CN2C(=O)c3ncn(COCC[Si](C)(C)C)c3N3CCCN=C23)cc1. The number of ether oxygens (including phenoxy) is 4. The van der Waals surface area contributed by atoms with Gasteiger partial charge in [-0.1, -0.05) is 63.5 Å². The Kier molecular flexibility index (Phi) is 14.0. The second kappa shape index (κ2) is 19.4. The normalized spacial score (nSPS) is 16.1. The topological polar surface area (TPSA) is 144 Å². The van der Waals surface area contributed by atoms with E-state index >= 15 is 0 Å². The molecule has 0 saturated carbocycles. The second-order valence-corrected chi connectivity index (χ2v) is 29.6. The highest BCUT2D eigenvalue weighted by Crippen LogP contribution is 2.33. The van der Waals surface area contributed by atoms with Gasteiger partial charge in [-0.3, -0.25) is 43.7 Å². The molecule has 0 atom stereocenters. The number of hydrogen-bond donors (Lipinski definition) is 0. The molecular weight excluding hydrogens is 821 g/mol. The van der Waals surface area contributed by atoms with Crippen LogP contribution in [0.4, 0.5) is 11.6 Å². The maximum atomic E-state index is 13.6. The molecule has 16 nitrogen and oxygen atoms in total. The van der Waals surface area contributed by atoms with Crippen LogP contribution in [0.3, 0.4) is 0 Å². The second-order valence-electron chi connectivity index (χ2n) is 18.3. The van der Waals surface area contributed by atoms with E-state index in [0.717, 1.165) is 73.1 Å². The number of hydrogen-bond acceptors (Lipinski definition) is 12. The summed E-state index contributed by atoms with van der Waals surface area (Å²) in [5, 5.41) is 0. The third-order valence-corrected chi connectivity index (χ3v) is 14.4. The van der Waals surface area contributed by atoms with Gasteiger partial charge < -0.3 is 23.5 Å². The highest BCUT2D eigenvalue weighted by atomic mass is 28.3. The van der Waals surface area contributed by atoms with E-state index in [0.29, 0.717) is 75.4 Å². The third-order valence-electron chi connectivity index (χ3n) is 11.0. The fourth-order valence-corrected chi connectivity index (χ4v) is 8.98. The van der Waals surface area contributed by atoms with E-state index in [1.165, 1.54) is 0 Å². The van der Waals surface area contributed by atoms with E-state index in [-0.39, 0.29) is 11.8 Å². The van der Waals surface area contributed by atoms with Gasteiger partial charge in [-0.25, -0.2) is 9.97 Å². The summed E-state index contributed by atoms with van der Waals surface area (Å²) in [5.41, 5.74) is 3.06. The fourth-order valence-electron chi connectivity index (χ4n) is 7.47. The Morgan fingerprint density at radius 2 is 1.10 bits per heavy atom. The largest absolute Gasteiger partial charge is 0.497 e. The van der Waals surface area contributed by atoms with Crippen molar-refractivity contribution in [3.8, 4) is 11.5 Å². The van der Waals surface area contributed by atoms with Gasteiger partial charge in [0.2, 0.25) is 11.9 Å². The number of rotatable bonds is 16. The average Bonchev–Trinajstić information content (AvgIpc) is 3.89. The molecule has 0 bridgehead atoms. The van der Waals surface area contributed by atoms with Crippen LogP contribution >= 0.6 is 0 Å². The molecule has 0 radical (unpaired) electrons. The monoisotopic (exact) mass is 882 g/mol. The fraction of sp³-hybridized carbons (Fsp3) is 0.500. The van der Waals surface area contributed by atoms with Crippen LogP contribution in [0.2, 0.25) is 51.4 Å². The molecule has 0 unspecified atom stereocenters. The van der Waals surface area contributed by atoms with Gasteiger partial charge in [0.25, 0.3) is 11.8 Å². The number of aromatic nitrogens is 4. The maximum Gasteiger partial charge on any atom is 0.283 e. The molecule has 62 heavy (non-hydrogen) atoms. The lowest BCUT2D eigenvalue weighted by atomic mass is 10.1. The van der Waals surface area contributed by atoms with Gasteiger partial charge in [0.1, 0.15) is 25.0 Å². The Morgan fingerprint density at radius 1 is 0.613 bits per heavy atom. The van der Waals surface area contributed by atoms with E-state index in [1.807, 2.05) is 57.7 Å². The predicted octanol–water partition coefficient (Wildman–Crippen LogP) is 6.85. The summed E-state index contributed by atoms with van der Waals surface area (Å²) < 4.78 is 26.1. The number of carbonyl (C=O) groups excluding carboxylic acids is 2. The Labute approximate surface area is 367 Å². The zero-order valence-corrected chi connectivity index (χ0v) is 39.6. The smallest absolute Gasteiger partial charge is 0.283 e. The number of imidazole rings is 2. The standard InChI is InChI=1S/2C22H31N5O3Si/c1-29-18-8-6-17(7-9-18)14-27-21(28)19-20(26-11-5-10-23-22(26)27)24-15-25(19)16-30-12-13-31(2,3)4;1-29-18-8-6-17(7-9-18)14-27-21(28)19-20(26-11-5-10-23-22(26)27)25(15-24-19)16-30-12-13-31(2,3)4/h2*6-9,15H,5,10-14,16H2,1-4H3. The summed E-state index contributed by atoms with van der Waals surface area (Å²) in [6.07, 6.45) is 5.29. The van der Waals surface area contributed by atoms with Gasteiger partial charge in [0.15, 0.2) is 23.0 Å². The molecule has 2 aromatic carbocycles. The van der Waals surface area contributed by atoms with Crippen molar-refractivity contribution >= 4 is 51.5 Å². The van der Waals surface area contributed by atoms with Crippen molar-refractivity contribution in [2.24, 2.45) is 9.98 Å². The van der Waals surface area contributed by atoms with Gasteiger partial charge in [-0.05, 0) is 60.3 Å².